The molecule has 54 valence electrons. The Kier molecular flexibility index (Phi) is 2.02. The lowest BCUT2D eigenvalue weighted by Crippen LogP contribution is -2.05. The summed E-state index contributed by atoms with van der Waals surface area (Å²) in [4.78, 5) is 4.03. The minimum Gasteiger partial charge on any atom is -0.324 e. The quantitative estimate of drug-likeness (QED) is 0.634. The molecule has 0 aromatic carbocycles. The van der Waals surface area contributed by atoms with Gasteiger partial charge in [0.2, 0.25) is 0 Å². The fourth-order valence-electron chi connectivity index (χ4n) is 0.827. The summed E-state index contributed by atoms with van der Waals surface area (Å²) in [6.45, 7) is 3.97. The molecule has 0 aliphatic heterocycles. The van der Waals surface area contributed by atoms with E-state index in [1.807, 2.05) is 20.0 Å². The molecule has 0 radical (unpaired) electrons. The second-order valence-corrected chi connectivity index (χ2v) is 2.58. The fraction of sp³-hybridized carbons (Fsp3) is 0.375. The molecule has 0 saturated heterocycles. The van der Waals surface area contributed by atoms with E-state index in [0.717, 1.165) is 11.1 Å². The maximum atomic E-state index is 5.64. The van der Waals surface area contributed by atoms with E-state index in [-0.39, 0.29) is 6.04 Å². The van der Waals surface area contributed by atoms with Crippen LogP contribution in [0.1, 0.15) is 24.1 Å². The molecule has 2 N–H and O–H groups in total. The van der Waals surface area contributed by atoms with E-state index in [4.69, 9.17) is 5.73 Å². The van der Waals surface area contributed by atoms with Gasteiger partial charge in [-0.05, 0) is 25.0 Å². The van der Waals surface area contributed by atoms with E-state index in [0.29, 0.717) is 0 Å². The number of rotatable bonds is 1. The van der Waals surface area contributed by atoms with Crippen molar-refractivity contribution in [1.82, 2.24) is 4.98 Å². The molecule has 0 aliphatic carbocycles. The van der Waals surface area contributed by atoms with Crippen LogP contribution in [-0.4, -0.2) is 4.98 Å². The molecule has 0 amide bonds. The standard InChI is InChI=1S/C8H12N2/c1-6-3-8(7(2)9)5-10-4-6/h3-5,7H,9H2,1-2H3/t7-/m0/s1. The van der Waals surface area contributed by atoms with Crippen LogP contribution in [0.15, 0.2) is 18.5 Å². The zero-order valence-corrected chi connectivity index (χ0v) is 6.33. The van der Waals surface area contributed by atoms with Crippen LogP contribution in [0.5, 0.6) is 0 Å². The van der Waals surface area contributed by atoms with Crippen LogP contribution in [-0.2, 0) is 0 Å². The molecule has 0 aliphatic rings. The largest absolute Gasteiger partial charge is 0.324 e. The number of aryl methyl sites for hydroxylation is 1. The Labute approximate surface area is 61.1 Å². The molecule has 1 heterocycles. The highest BCUT2D eigenvalue weighted by Crippen LogP contribution is 2.08. The first-order valence-electron chi connectivity index (χ1n) is 3.37. The van der Waals surface area contributed by atoms with Crippen LogP contribution in [0.4, 0.5) is 0 Å². The smallest absolute Gasteiger partial charge is 0.0315 e. The van der Waals surface area contributed by atoms with E-state index in [1.165, 1.54) is 0 Å². The summed E-state index contributed by atoms with van der Waals surface area (Å²) in [5.41, 5.74) is 7.90. The van der Waals surface area contributed by atoms with Crippen molar-refractivity contribution in [3.05, 3.63) is 29.6 Å². The summed E-state index contributed by atoms with van der Waals surface area (Å²) < 4.78 is 0. The number of hydrogen-bond donors (Lipinski definition) is 1. The maximum absolute atomic E-state index is 5.64. The van der Waals surface area contributed by atoms with Gasteiger partial charge in [0.05, 0.1) is 0 Å². The van der Waals surface area contributed by atoms with Gasteiger partial charge in [-0.2, -0.15) is 0 Å². The van der Waals surface area contributed by atoms with Crippen LogP contribution in [0, 0.1) is 6.92 Å². The van der Waals surface area contributed by atoms with E-state index >= 15 is 0 Å². The molecule has 0 fully saturated rings. The predicted octanol–water partition coefficient (Wildman–Crippen LogP) is 1.41. The molecule has 0 saturated carbocycles. The van der Waals surface area contributed by atoms with Crippen molar-refractivity contribution < 1.29 is 0 Å². The molecule has 10 heavy (non-hydrogen) atoms. The first-order valence-corrected chi connectivity index (χ1v) is 3.37. The highest BCUT2D eigenvalue weighted by molar-refractivity contribution is 5.18. The SMILES string of the molecule is Cc1cncc([C@H](C)N)c1. The lowest BCUT2D eigenvalue weighted by atomic mass is 10.1. The van der Waals surface area contributed by atoms with Gasteiger partial charge in [0.1, 0.15) is 0 Å². The third kappa shape index (κ3) is 1.54. The van der Waals surface area contributed by atoms with Crippen molar-refractivity contribution in [2.24, 2.45) is 5.73 Å². The third-order valence-corrected chi connectivity index (χ3v) is 1.42. The summed E-state index contributed by atoms with van der Waals surface area (Å²) in [5, 5.41) is 0. The summed E-state index contributed by atoms with van der Waals surface area (Å²) in [6, 6.07) is 2.14. The average Bonchev–Trinajstić information content (AvgIpc) is 1.88. The molecule has 0 spiro atoms. The first-order chi connectivity index (χ1) is 4.70. The predicted molar refractivity (Wildman–Crippen MR) is 41.6 cm³/mol. The number of pyridine rings is 1. The van der Waals surface area contributed by atoms with Crippen LogP contribution in [0.3, 0.4) is 0 Å². The minimum absolute atomic E-state index is 0.0902. The van der Waals surface area contributed by atoms with Gasteiger partial charge in [0, 0.05) is 18.4 Å². The van der Waals surface area contributed by atoms with E-state index in [1.54, 1.807) is 6.20 Å². The molecule has 2 nitrogen and oxygen atoms in total. The van der Waals surface area contributed by atoms with Crippen molar-refractivity contribution in [3.8, 4) is 0 Å². The van der Waals surface area contributed by atoms with Crippen molar-refractivity contribution in [3.63, 3.8) is 0 Å². The second kappa shape index (κ2) is 2.80. The van der Waals surface area contributed by atoms with Gasteiger partial charge in [-0.3, -0.25) is 4.98 Å². The Bertz CT molecular complexity index is 218. The van der Waals surface area contributed by atoms with Crippen LogP contribution >= 0.6 is 0 Å². The molecule has 0 unspecified atom stereocenters. The first kappa shape index (κ1) is 7.22. The molecule has 1 atom stereocenters. The Balaban J connectivity index is 2.96. The molecular weight excluding hydrogens is 124 g/mol. The van der Waals surface area contributed by atoms with Crippen molar-refractivity contribution in [2.75, 3.05) is 0 Å². The third-order valence-electron chi connectivity index (χ3n) is 1.42. The van der Waals surface area contributed by atoms with Crippen molar-refractivity contribution in [1.29, 1.82) is 0 Å². The van der Waals surface area contributed by atoms with Crippen LogP contribution in [0.25, 0.3) is 0 Å². The van der Waals surface area contributed by atoms with Gasteiger partial charge >= 0.3 is 0 Å². The second-order valence-electron chi connectivity index (χ2n) is 2.58. The number of aromatic nitrogens is 1. The molecule has 0 bridgehead atoms. The molecular formula is C8H12N2. The van der Waals surface area contributed by atoms with E-state index in [2.05, 4.69) is 11.1 Å². The Hall–Kier alpha value is -0.890. The van der Waals surface area contributed by atoms with Gasteiger partial charge in [-0.1, -0.05) is 6.07 Å². The number of nitrogens with zero attached hydrogens (tertiary/aromatic N) is 1. The van der Waals surface area contributed by atoms with Gasteiger partial charge in [-0.25, -0.2) is 0 Å². The van der Waals surface area contributed by atoms with Gasteiger partial charge in [0.15, 0.2) is 0 Å². The fourth-order valence-corrected chi connectivity index (χ4v) is 0.827. The van der Waals surface area contributed by atoms with Gasteiger partial charge in [-0.15, -0.1) is 0 Å². The molecule has 1 aromatic rings. The topological polar surface area (TPSA) is 38.9 Å². The van der Waals surface area contributed by atoms with E-state index < -0.39 is 0 Å². The zero-order valence-electron chi connectivity index (χ0n) is 6.33. The highest BCUT2D eigenvalue weighted by Gasteiger charge is 1.97. The van der Waals surface area contributed by atoms with Crippen molar-refractivity contribution >= 4 is 0 Å². The summed E-state index contributed by atoms with van der Waals surface area (Å²) >= 11 is 0. The normalized spacial score (nSPS) is 13.1. The Morgan fingerprint density at radius 2 is 2.20 bits per heavy atom. The summed E-state index contributed by atoms with van der Waals surface area (Å²) in [7, 11) is 0. The summed E-state index contributed by atoms with van der Waals surface area (Å²) in [6.07, 6.45) is 3.63. The summed E-state index contributed by atoms with van der Waals surface area (Å²) in [5.74, 6) is 0. The van der Waals surface area contributed by atoms with Crippen molar-refractivity contribution in [2.45, 2.75) is 19.9 Å². The Morgan fingerprint density at radius 1 is 1.50 bits per heavy atom. The molecule has 1 aromatic heterocycles. The average molecular weight is 136 g/mol. The van der Waals surface area contributed by atoms with Crippen LogP contribution < -0.4 is 5.73 Å². The molecule has 1 rings (SSSR count). The maximum Gasteiger partial charge on any atom is 0.0315 e. The number of hydrogen-bond acceptors (Lipinski definition) is 2. The monoisotopic (exact) mass is 136 g/mol. The highest BCUT2D eigenvalue weighted by atomic mass is 14.7. The lowest BCUT2D eigenvalue weighted by molar-refractivity contribution is 0.809. The molecule has 2 heteroatoms. The minimum atomic E-state index is 0.0902. The Morgan fingerprint density at radius 3 is 2.60 bits per heavy atom. The zero-order chi connectivity index (χ0) is 7.56. The van der Waals surface area contributed by atoms with E-state index in [9.17, 15) is 0 Å². The van der Waals surface area contributed by atoms with Gasteiger partial charge in [0.25, 0.3) is 0 Å². The number of nitrogens with two attached hydrogens (primary N) is 1. The van der Waals surface area contributed by atoms with Crippen LogP contribution in [0.2, 0.25) is 0 Å². The lowest BCUT2D eigenvalue weighted by Gasteiger charge is -2.03. The van der Waals surface area contributed by atoms with Gasteiger partial charge < -0.3 is 5.73 Å².